The van der Waals surface area contributed by atoms with E-state index in [9.17, 15) is 33.3 Å². The highest BCUT2D eigenvalue weighted by atomic mass is 19.1. The van der Waals surface area contributed by atoms with E-state index in [4.69, 9.17) is 9.47 Å². The third kappa shape index (κ3) is 6.45. The van der Waals surface area contributed by atoms with E-state index in [-0.39, 0.29) is 30.1 Å². The third-order valence-corrected chi connectivity index (χ3v) is 4.12. The summed E-state index contributed by atoms with van der Waals surface area (Å²) in [5, 5.41) is 15.6. The Morgan fingerprint density at radius 1 is 1.16 bits per heavy atom. The molecule has 2 rings (SSSR count). The Hall–Kier alpha value is -4.09. The van der Waals surface area contributed by atoms with Crippen LogP contribution in [0, 0.1) is 21.7 Å². The van der Waals surface area contributed by atoms with Gasteiger partial charge in [-0.1, -0.05) is 0 Å². The van der Waals surface area contributed by atoms with Gasteiger partial charge in [0.15, 0.2) is 6.10 Å². The van der Waals surface area contributed by atoms with Gasteiger partial charge in [-0.3, -0.25) is 24.5 Å². The summed E-state index contributed by atoms with van der Waals surface area (Å²) in [6.45, 7) is 1.06. The molecule has 0 aliphatic heterocycles. The van der Waals surface area contributed by atoms with E-state index in [0.717, 1.165) is 18.2 Å². The summed E-state index contributed by atoms with van der Waals surface area (Å²) < 4.78 is 36.5. The molecule has 170 valence electrons. The van der Waals surface area contributed by atoms with E-state index >= 15 is 0 Å². The zero-order valence-electron chi connectivity index (χ0n) is 17.0. The number of hydrogen-bond donors (Lipinski definition) is 2. The zero-order chi connectivity index (χ0) is 23.8. The molecule has 0 fully saturated rings. The minimum absolute atomic E-state index is 0.0168. The van der Waals surface area contributed by atoms with E-state index in [1.54, 1.807) is 0 Å². The van der Waals surface area contributed by atoms with Crippen LogP contribution in [0.3, 0.4) is 0 Å². The number of carbonyl (C=O) groups excluding carboxylic acids is 3. The normalized spacial score (nSPS) is 11.2. The van der Waals surface area contributed by atoms with Crippen molar-refractivity contribution in [3.8, 4) is 5.75 Å². The number of methoxy groups -OCH3 is 1. The number of hydrogen-bond acceptors (Lipinski definition) is 7. The van der Waals surface area contributed by atoms with E-state index in [1.165, 1.54) is 26.2 Å². The van der Waals surface area contributed by atoms with Crippen LogP contribution >= 0.6 is 0 Å². The fourth-order valence-corrected chi connectivity index (χ4v) is 2.50. The average Bonchev–Trinajstić information content (AvgIpc) is 2.73. The summed E-state index contributed by atoms with van der Waals surface area (Å²) in [5.74, 6) is -4.17. The Morgan fingerprint density at radius 2 is 1.88 bits per heavy atom. The van der Waals surface area contributed by atoms with Crippen LogP contribution in [0.25, 0.3) is 0 Å². The van der Waals surface area contributed by atoms with Crippen molar-refractivity contribution in [3.63, 3.8) is 0 Å². The molecule has 0 saturated carbocycles. The molecule has 2 N–H and O–H groups in total. The molecule has 0 bridgehead atoms. The summed E-state index contributed by atoms with van der Waals surface area (Å²) in [5.41, 5.74) is -0.652. The summed E-state index contributed by atoms with van der Waals surface area (Å²) in [4.78, 5) is 46.3. The lowest BCUT2D eigenvalue weighted by atomic mass is 10.2. The van der Waals surface area contributed by atoms with Crippen LogP contribution in [0.15, 0.2) is 36.4 Å². The molecule has 0 aromatic heterocycles. The van der Waals surface area contributed by atoms with E-state index < -0.39 is 46.0 Å². The Kier molecular flexibility index (Phi) is 8.16. The third-order valence-electron chi connectivity index (χ3n) is 4.12. The highest BCUT2D eigenvalue weighted by molar-refractivity contribution is 5.97. The van der Waals surface area contributed by atoms with Gasteiger partial charge in [-0.2, -0.15) is 0 Å². The molecule has 1 atom stereocenters. The molecule has 0 aliphatic carbocycles. The lowest BCUT2D eigenvalue weighted by molar-refractivity contribution is -0.384. The van der Waals surface area contributed by atoms with Gasteiger partial charge in [-0.25, -0.2) is 8.78 Å². The first kappa shape index (κ1) is 24.2. The van der Waals surface area contributed by atoms with Gasteiger partial charge in [0.1, 0.15) is 17.4 Å². The number of benzene rings is 2. The molecule has 2 aromatic rings. The largest absolute Gasteiger partial charge is 0.495 e. The predicted octanol–water partition coefficient (Wildman–Crippen LogP) is 2.57. The Labute approximate surface area is 180 Å². The standard InChI is InChI=1S/C20H19F2N3O7/c1-11(19(27)24-16-10-13(25(29)30)4-6-17(16)31-2)32-18(26)7-8-23-20(28)14-5-3-12(21)9-15(14)22/h3-6,9-11H,7-8H2,1-2H3,(H,23,28)(H,24,27). The number of nitrogens with one attached hydrogen (secondary N) is 2. The van der Waals surface area contributed by atoms with Crippen molar-refractivity contribution in [2.75, 3.05) is 19.0 Å². The van der Waals surface area contributed by atoms with Gasteiger partial charge in [-0.15, -0.1) is 0 Å². The predicted molar refractivity (Wildman–Crippen MR) is 107 cm³/mol. The van der Waals surface area contributed by atoms with Crippen LogP contribution in [-0.4, -0.2) is 42.5 Å². The average molecular weight is 451 g/mol. The Morgan fingerprint density at radius 3 is 2.50 bits per heavy atom. The highest BCUT2D eigenvalue weighted by Gasteiger charge is 2.21. The molecular formula is C20H19F2N3O7. The molecule has 1 unspecified atom stereocenters. The van der Waals surface area contributed by atoms with Crippen LogP contribution < -0.4 is 15.4 Å². The molecule has 2 amide bonds. The van der Waals surface area contributed by atoms with Crippen LogP contribution in [0.5, 0.6) is 5.75 Å². The van der Waals surface area contributed by atoms with Gasteiger partial charge < -0.3 is 20.1 Å². The number of nitro benzene ring substituents is 1. The van der Waals surface area contributed by atoms with Gasteiger partial charge in [0.2, 0.25) is 0 Å². The second-order valence-electron chi connectivity index (χ2n) is 6.39. The molecule has 0 saturated heterocycles. The maximum absolute atomic E-state index is 13.6. The number of ether oxygens (including phenoxy) is 2. The molecule has 2 aromatic carbocycles. The molecule has 32 heavy (non-hydrogen) atoms. The Balaban J connectivity index is 1.87. The lowest BCUT2D eigenvalue weighted by Gasteiger charge is -2.15. The van der Waals surface area contributed by atoms with Crippen molar-refractivity contribution in [2.24, 2.45) is 0 Å². The van der Waals surface area contributed by atoms with Gasteiger partial charge in [0.25, 0.3) is 17.5 Å². The van der Waals surface area contributed by atoms with Crippen molar-refractivity contribution in [3.05, 3.63) is 63.7 Å². The number of anilines is 1. The minimum atomic E-state index is -1.27. The van der Waals surface area contributed by atoms with E-state index in [2.05, 4.69) is 10.6 Å². The SMILES string of the molecule is COc1ccc([N+](=O)[O-])cc1NC(=O)C(C)OC(=O)CCNC(=O)c1ccc(F)cc1F. The molecular weight excluding hydrogens is 432 g/mol. The highest BCUT2D eigenvalue weighted by Crippen LogP contribution is 2.29. The number of carbonyl (C=O) groups is 3. The molecule has 12 heteroatoms. The summed E-state index contributed by atoms with van der Waals surface area (Å²) >= 11 is 0. The number of esters is 1. The first-order valence-electron chi connectivity index (χ1n) is 9.18. The van der Waals surface area contributed by atoms with Crippen molar-refractivity contribution in [1.29, 1.82) is 0 Å². The van der Waals surface area contributed by atoms with Crippen molar-refractivity contribution < 1.29 is 37.6 Å². The van der Waals surface area contributed by atoms with Crippen LogP contribution in [0.1, 0.15) is 23.7 Å². The quantitative estimate of drug-likeness (QED) is 0.340. The zero-order valence-corrected chi connectivity index (χ0v) is 17.0. The molecule has 0 aliphatic rings. The monoisotopic (exact) mass is 451 g/mol. The molecule has 10 nitrogen and oxygen atoms in total. The number of amides is 2. The van der Waals surface area contributed by atoms with Crippen molar-refractivity contribution in [2.45, 2.75) is 19.4 Å². The first-order chi connectivity index (χ1) is 15.1. The topological polar surface area (TPSA) is 137 Å². The minimum Gasteiger partial charge on any atom is -0.495 e. The molecule has 0 radical (unpaired) electrons. The van der Waals surface area contributed by atoms with Crippen molar-refractivity contribution >= 4 is 29.2 Å². The fourth-order valence-electron chi connectivity index (χ4n) is 2.50. The summed E-state index contributed by atoms with van der Waals surface area (Å²) in [7, 11) is 1.31. The summed E-state index contributed by atoms with van der Waals surface area (Å²) in [6.07, 6.45) is -1.59. The number of non-ortho nitro benzene ring substituents is 1. The molecule has 0 spiro atoms. The van der Waals surface area contributed by atoms with Crippen LogP contribution in [0.4, 0.5) is 20.2 Å². The first-order valence-corrected chi connectivity index (χ1v) is 9.18. The number of nitrogens with zero attached hydrogens (tertiary/aromatic N) is 1. The van der Waals surface area contributed by atoms with Gasteiger partial charge in [-0.05, 0) is 25.1 Å². The Bertz CT molecular complexity index is 1050. The fraction of sp³-hybridized carbons (Fsp3) is 0.250. The van der Waals surface area contributed by atoms with Crippen molar-refractivity contribution in [1.82, 2.24) is 5.32 Å². The number of nitro groups is 1. The van der Waals surface area contributed by atoms with Gasteiger partial charge >= 0.3 is 5.97 Å². The maximum Gasteiger partial charge on any atom is 0.308 e. The van der Waals surface area contributed by atoms with Gasteiger partial charge in [0.05, 0.1) is 29.7 Å². The number of halogens is 2. The van der Waals surface area contributed by atoms with E-state index in [0.29, 0.717) is 6.07 Å². The lowest BCUT2D eigenvalue weighted by Crippen LogP contribution is -2.32. The second kappa shape index (κ2) is 10.8. The second-order valence-corrected chi connectivity index (χ2v) is 6.39. The van der Waals surface area contributed by atoms with Gasteiger partial charge in [0, 0.05) is 24.7 Å². The van der Waals surface area contributed by atoms with E-state index in [1.807, 2.05) is 0 Å². The van der Waals surface area contributed by atoms with Crippen LogP contribution in [0.2, 0.25) is 0 Å². The smallest absolute Gasteiger partial charge is 0.308 e. The summed E-state index contributed by atoms with van der Waals surface area (Å²) in [6, 6.07) is 6.03. The van der Waals surface area contributed by atoms with Crippen LogP contribution in [-0.2, 0) is 14.3 Å². The number of rotatable bonds is 9. The molecule has 0 heterocycles. The maximum atomic E-state index is 13.6.